The normalized spacial score (nSPS) is 15.9. The summed E-state index contributed by atoms with van der Waals surface area (Å²) in [6.45, 7) is 2.55. The number of aryl methyl sites for hydroxylation is 1. The number of piperazine rings is 1. The van der Waals surface area contributed by atoms with Gasteiger partial charge in [-0.1, -0.05) is 0 Å². The highest BCUT2D eigenvalue weighted by atomic mass is 35.5. The Balaban J connectivity index is 0.00000220. The van der Waals surface area contributed by atoms with Gasteiger partial charge in [0.1, 0.15) is 4.90 Å². The topological polar surface area (TPSA) is 87.5 Å². The summed E-state index contributed by atoms with van der Waals surface area (Å²) in [5.74, 6) is -0.179. The van der Waals surface area contributed by atoms with E-state index in [2.05, 4.69) is 10.4 Å². The molecule has 8 nitrogen and oxygen atoms in total. The molecule has 2 heterocycles. The van der Waals surface area contributed by atoms with Crippen molar-refractivity contribution >= 4 is 28.3 Å². The lowest BCUT2D eigenvalue weighted by atomic mass is 10.3. The van der Waals surface area contributed by atoms with Gasteiger partial charge < -0.3 is 10.2 Å². The van der Waals surface area contributed by atoms with Crippen molar-refractivity contribution in [3.63, 3.8) is 0 Å². The summed E-state index contributed by atoms with van der Waals surface area (Å²) in [5.41, 5.74) is 0. The molecule has 2 rings (SSSR count). The van der Waals surface area contributed by atoms with E-state index in [1.54, 1.807) is 11.9 Å². The quantitative estimate of drug-likeness (QED) is 0.753. The van der Waals surface area contributed by atoms with E-state index in [9.17, 15) is 13.2 Å². The summed E-state index contributed by atoms with van der Waals surface area (Å²) in [5, 5.41) is 6.99. The molecule has 1 saturated heterocycles. The van der Waals surface area contributed by atoms with E-state index in [-0.39, 0.29) is 29.8 Å². The molecular formula is C11H20ClN5O3S. The fourth-order valence-electron chi connectivity index (χ4n) is 2.00. The number of sulfonamides is 1. The number of amides is 1. The lowest BCUT2D eigenvalue weighted by Gasteiger charge is -2.28. The molecule has 1 aromatic rings. The van der Waals surface area contributed by atoms with Gasteiger partial charge in [-0.15, -0.1) is 12.4 Å². The highest BCUT2D eigenvalue weighted by Gasteiger charge is 2.26. The Hall–Kier alpha value is -1.16. The maximum Gasteiger partial charge on any atom is 0.246 e. The van der Waals surface area contributed by atoms with Gasteiger partial charge in [0, 0.05) is 46.5 Å². The Kier molecular flexibility index (Phi) is 6.14. The minimum absolute atomic E-state index is 0. The molecule has 0 aliphatic carbocycles. The number of hydrogen-bond donors (Lipinski definition) is 1. The van der Waals surface area contributed by atoms with Gasteiger partial charge >= 0.3 is 0 Å². The Bertz CT molecular complexity index is 582. The second-order valence-electron chi connectivity index (χ2n) is 4.74. The molecule has 0 atom stereocenters. The second kappa shape index (κ2) is 7.21. The number of carbonyl (C=O) groups is 1. The number of halogens is 1. The molecular weight excluding hydrogens is 318 g/mol. The van der Waals surface area contributed by atoms with Crippen molar-refractivity contribution in [2.24, 2.45) is 7.05 Å². The Morgan fingerprint density at radius 2 is 2.05 bits per heavy atom. The van der Waals surface area contributed by atoms with E-state index in [0.717, 1.165) is 17.4 Å². The zero-order valence-electron chi connectivity index (χ0n) is 12.0. The van der Waals surface area contributed by atoms with Gasteiger partial charge in [0.2, 0.25) is 15.9 Å². The zero-order valence-corrected chi connectivity index (χ0v) is 13.7. The molecule has 0 saturated carbocycles. The van der Waals surface area contributed by atoms with Gasteiger partial charge in [-0.05, 0) is 0 Å². The minimum atomic E-state index is -3.67. The van der Waals surface area contributed by atoms with Gasteiger partial charge in [0.05, 0.1) is 12.7 Å². The Labute approximate surface area is 130 Å². The maximum atomic E-state index is 12.3. The van der Waals surface area contributed by atoms with Crippen LogP contribution >= 0.6 is 12.4 Å². The summed E-state index contributed by atoms with van der Waals surface area (Å²) < 4.78 is 27.0. The van der Waals surface area contributed by atoms with E-state index in [1.807, 2.05) is 0 Å². The van der Waals surface area contributed by atoms with Crippen LogP contribution in [0.4, 0.5) is 0 Å². The van der Waals surface area contributed by atoms with Crippen molar-refractivity contribution in [3.05, 3.63) is 12.4 Å². The molecule has 1 N–H and O–H groups in total. The number of hydrogen-bond acceptors (Lipinski definition) is 5. The largest absolute Gasteiger partial charge is 0.339 e. The lowest BCUT2D eigenvalue weighted by Crippen LogP contribution is -2.49. The maximum absolute atomic E-state index is 12.3. The number of rotatable bonds is 4. The third-order valence-electron chi connectivity index (χ3n) is 3.22. The zero-order chi connectivity index (χ0) is 14.8. The van der Waals surface area contributed by atoms with Crippen molar-refractivity contribution in [1.82, 2.24) is 24.3 Å². The first-order chi connectivity index (χ1) is 9.41. The highest BCUT2D eigenvalue weighted by Crippen LogP contribution is 2.12. The molecule has 0 aromatic carbocycles. The van der Waals surface area contributed by atoms with E-state index in [0.29, 0.717) is 13.1 Å². The number of aromatic nitrogens is 2. The van der Waals surface area contributed by atoms with Gasteiger partial charge in [-0.2, -0.15) is 9.40 Å². The minimum Gasteiger partial charge on any atom is -0.339 e. The van der Waals surface area contributed by atoms with E-state index < -0.39 is 10.0 Å². The molecule has 21 heavy (non-hydrogen) atoms. The first kappa shape index (κ1) is 17.9. The van der Waals surface area contributed by atoms with Crippen LogP contribution in [0.1, 0.15) is 0 Å². The molecule has 1 aromatic heterocycles. The predicted molar refractivity (Wildman–Crippen MR) is 79.7 cm³/mol. The van der Waals surface area contributed by atoms with Crippen LogP contribution in [0.5, 0.6) is 0 Å². The molecule has 1 fully saturated rings. The lowest BCUT2D eigenvalue weighted by molar-refractivity contribution is -0.131. The summed E-state index contributed by atoms with van der Waals surface area (Å²) in [7, 11) is -0.616. The van der Waals surface area contributed by atoms with Crippen LogP contribution in [0.2, 0.25) is 0 Å². The summed E-state index contributed by atoms with van der Waals surface area (Å²) in [4.78, 5) is 13.8. The van der Waals surface area contributed by atoms with Crippen molar-refractivity contribution in [2.45, 2.75) is 4.90 Å². The van der Waals surface area contributed by atoms with Crippen LogP contribution in [-0.4, -0.2) is 73.1 Å². The molecule has 1 amide bonds. The molecule has 0 unspecified atom stereocenters. The third kappa shape index (κ3) is 4.16. The van der Waals surface area contributed by atoms with Crippen LogP contribution in [0, 0.1) is 0 Å². The van der Waals surface area contributed by atoms with Crippen LogP contribution in [0.3, 0.4) is 0 Å². The predicted octanol–water partition coefficient (Wildman–Crippen LogP) is -1.11. The molecule has 0 bridgehead atoms. The van der Waals surface area contributed by atoms with Crippen molar-refractivity contribution in [1.29, 1.82) is 0 Å². The number of nitrogens with one attached hydrogen (secondary N) is 1. The Morgan fingerprint density at radius 3 is 2.57 bits per heavy atom. The van der Waals surface area contributed by atoms with E-state index in [1.165, 1.54) is 24.1 Å². The number of nitrogens with zero attached hydrogens (tertiary/aromatic N) is 4. The average molecular weight is 338 g/mol. The van der Waals surface area contributed by atoms with Gasteiger partial charge in [0.15, 0.2) is 0 Å². The van der Waals surface area contributed by atoms with Crippen molar-refractivity contribution < 1.29 is 13.2 Å². The Morgan fingerprint density at radius 1 is 1.43 bits per heavy atom. The van der Waals surface area contributed by atoms with Crippen molar-refractivity contribution in [3.8, 4) is 0 Å². The fourth-order valence-corrected chi connectivity index (χ4v) is 3.11. The molecule has 0 spiro atoms. The smallest absolute Gasteiger partial charge is 0.246 e. The first-order valence-electron chi connectivity index (χ1n) is 6.35. The standard InChI is InChI=1S/C11H19N5O3S.ClH/c1-14-8-10(7-13-14)20(18,19)15(2)9-11(17)16-5-3-12-4-6-16;/h7-8,12H,3-6,9H2,1-2H3;1H. The van der Waals surface area contributed by atoms with E-state index >= 15 is 0 Å². The SMILES string of the molecule is CN(CC(=O)N1CCNCC1)S(=O)(=O)c1cnn(C)c1.Cl. The third-order valence-corrected chi connectivity index (χ3v) is 4.97. The van der Waals surface area contributed by atoms with Gasteiger partial charge in [-0.3, -0.25) is 9.48 Å². The number of likely N-dealkylation sites (N-methyl/N-ethyl adjacent to an activating group) is 1. The highest BCUT2D eigenvalue weighted by molar-refractivity contribution is 7.89. The number of carbonyl (C=O) groups excluding carboxylic acids is 1. The van der Waals surface area contributed by atoms with Crippen LogP contribution in [-0.2, 0) is 21.9 Å². The summed E-state index contributed by atoms with van der Waals surface area (Å²) in [6, 6.07) is 0. The molecule has 10 heteroatoms. The van der Waals surface area contributed by atoms with Crippen molar-refractivity contribution in [2.75, 3.05) is 39.8 Å². The second-order valence-corrected chi connectivity index (χ2v) is 6.79. The van der Waals surface area contributed by atoms with Crippen LogP contribution < -0.4 is 5.32 Å². The molecule has 120 valence electrons. The van der Waals surface area contributed by atoms with E-state index in [4.69, 9.17) is 0 Å². The monoisotopic (exact) mass is 337 g/mol. The molecule has 1 aliphatic rings. The molecule has 0 radical (unpaired) electrons. The van der Waals surface area contributed by atoms with Crippen LogP contribution in [0.15, 0.2) is 17.3 Å². The first-order valence-corrected chi connectivity index (χ1v) is 7.79. The summed E-state index contributed by atoms with van der Waals surface area (Å²) >= 11 is 0. The average Bonchev–Trinajstić information content (AvgIpc) is 2.87. The molecule has 1 aliphatic heterocycles. The van der Waals surface area contributed by atoms with Gasteiger partial charge in [0.25, 0.3) is 0 Å². The van der Waals surface area contributed by atoms with Crippen LogP contribution in [0.25, 0.3) is 0 Å². The fraction of sp³-hybridized carbons (Fsp3) is 0.636. The van der Waals surface area contributed by atoms with Gasteiger partial charge in [-0.25, -0.2) is 8.42 Å². The summed E-state index contributed by atoms with van der Waals surface area (Å²) in [6.07, 6.45) is 2.70.